The molecule has 3 amide bonds. The van der Waals surface area contributed by atoms with Gasteiger partial charge in [-0.15, -0.1) is 0 Å². The van der Waals surface area contributed by atoms with Crippen LogP contribution in [0.4, 0.5) is 0 Å². The van der Waals surface area contributed by atoms with E-state index in [1.54, 1.807) is 6.92 Å². The second kappa shape index (κ2) is 7.57. The monoisotopic (exact) mass is 246 g/mol. The van der Waals surface area contributed by atoms with Crippen LogP contribution >= 0.6 is 12.2 Å². The Morgan fingerprint density at radius 3 is 2.00 bits per heavy atom. The minimum Gasteiger partial charge on any atom is -0.392 e. The van der Waals surface area contributed by atoms with Gasteiger partial charge in [-0.3, -0.25) is 14.4 Å². The predicted molar refractivity (Wildman–Crippen MR) is 61.5 cm³/mol. The summed E-state index contributed by atoms with van der Waals surface area (Å²) in [7, 11) is 0. The summed E-state index contributed by atoms with van der Waals surface area (Å²) < 4.78 is 0. The van der Waals surface area contributed by atoms with Crippen LogP contribution in [0.3, 0.4) is 0 Å². The van der Waals surface area contributed by atoms with Crippen molar-refractivity contribution in [3.05, 3.63) is 0 Å². The van der Waals surface area contributed by atoms with Crippen LogP contribution in [-0.4, -0.2) is 42.3 Å². The third-order valence-corrected chi connectivity index (χ3v) is 1.56. The molecule has 0 atom stereocenters. The number of carbonyl (C=O) groups is 3. The topological polar surface area (TPSA) is 113 Å². The first-order valence-electron chi connectivity index (χ1n) is 4.58. The van der Waals surface area contributed by atoms with Gasteiger partial charge in [-0.1, -0.05) is 12.2 Å². The number of likely N-dealkylation sites (N-methyl/N-ethyl adjacent to an activating group) is 1. The standard InChI is InChI=1S/C8H14N4O3S/c1-2-10-6(13)4-12-8(15)7(14)11-3-5(9)16/h2-4H2,1H3,(H2,9,16)(H,10,13)(H,11,14)(H,12,15). The number of hydrogen-bond acceptors (Lipinski definition) is 4. The lowest BCUT2D eigenvalue weighted by Crippen LogP contribution is -2.45. The summed E-state index contributed by atoms with van der Waals surface area (Å²) in [4.78, 5) is 33.1. The molecule has 7 nitrogen and oxygen atoms in total. The van der Waals surface area contributed by atoms with Crippen LogP contribution in [0, 0.1) is 0 Å². The van der Waals surface area contributed by atoms with E-state index in [2.05, 4.69) is 28.2 Å². The highest BCUT2D eigenvalue weighted by Gasteiger charge is 2.13. The van der Waals surface area contributed by atoms with E-state index < -0.39 is 11.8 Å². The molecule has 0 unspecified atom stereocenters. The molecule has 90 valence electrons. The van der Waals surface area contributed by atoms with Gasteiger partial charge in [0.15, 0.2) is 0 Å². The molecular formula is C8H14N4O3S. The summed E-state index contributed by atoms with van der Waals surface area (Å²) >= 11 is 4.51. The molecule has 0 aliphatic carbocycles. The van der Waals surface area contributed by atoms with Gasteiger partial charge >= 0.3 is 11.8 Å². The number of thiocarbonyl (C=S) groups is 1. The zero-order valence-corrected chi connectivity index (χ0v) is 9.65. The first-order chi connectivity index (χ1) is 7.47. The average molecular weight is 246 g/mol. The molecule has 0 radical (unpaired) electrons. The molecule has 0 rings (SSSR count). The number of rotatable bonds is 5. The Morgan fingerprint density at radius 2 is 1.56 bits per heavy atom. The van der Waals surface area contributed by atoms with Gasteiger partial charge in [0.05, 0.1) is 18.1 Å². The van der Waals surface area contributed by atoms with Crippen LogP contribution in [0.5, 0.6) is 0 Å². The Morgan fingerprint density at radius 1 is 1.06 bits per heavy atom. The molecule has 0 saturated heterocycles. The fraction of sp³-hybridized carbons (Fsp3) is 0.500. The summed E-state index contributed by atoms with van der Waals surface area (Å²) in [6, 6.07) is 0. The number of hydrogen-bond donors (Lipinski definition) is 4. The van der Waals surface area contributed by atoms with Crippen molar-refractivity contribution in [3.8, 4) is 0 Å². The fourth-order valence-electron chi connectivity index (χ4n) is 0.748. The van der Waals surface area contributed by atoms with Crippen molar-refractivity contribution in [2.45, 2.75) is 6.92 Å². The number of carbonyl (C=O) groups excluding carboxylic acids is 3. The van der Waals surface area contributed by atoms with Gasteiger partial charge < -0.3 is 21.7 Å². The molecule has 8 heteroatoms. The molecule has 0 spiro atoms. The lowest BCUT2D eigenvalue weighted by atomic mass is 10.4. The third-order valence-electron chi connectivity index (χ3n) is 1.41. The maximum atomic E-state index is 11.1. The predicted octanol–water partition coefficient (Wildman–Crippen LogP) is -2.36. The van der Waals surface area contributed by atoms with Gasteiger partial charge in [0.1, 0.15) is 0 Å². The molecule has 0 fully saturated rings. The quantitative estimate of drug-likeness (QED) is 0.320. The van der Waals surface area contributed by atoms with E-state index in [4.69, 9.17) is 5.73 Å². The van der Waals surface area contributed by atoms with Crippen molar-refractivity contribution in [2.24, 2.45) is 5.73 Å². The van der Waals surface area contributed by atoms with Crippen LogP contribution in [-0.2, 0) is 14.4 Å². The van der Waals surface area contributed by atoms with E-state index in [1.807, 2.05) is 0 Å². The van der Waals surface area contributed by atoms with Gasteiger partial charge in [-0.2, -0.15) is 0 Å². The zero-order valence-electron chi connectivity index (χ0n) is 8.83. The minimum atomic E-state index is -0.900. The molecule has 0 aromatic heterocycles. The van der Waals surface area contributed by atoms with Crippen LogP contribution in [0.25, 0.3) is 0 Å². The molecular weight excluding hydrogens is 232 g/mol. The summed E-state index contributed by atoms with van der Waals surface area (Å²) in [5.41, 5.74) is 5.12. The fourth-order valence-corrected chi connectivity index (χ4v) is 0.820. The highest BCUT2D eigenvalue weighted by molar-refractivity contribution is 7.80. The van der Waals surface area contributed by atoms with Crippen LogP contribution in [0.1, 0.15) is 6.92 Å². The van der Waals surface area contributed by atoms with Gasteiger partial charge in [0.25, 0.3) is 0 Å². The van der Waals surface area contributed by atoms with E-state index in [-0.39, 0.29) is 24.0 Å². The van der Waals surface area contributed by atoms with Gasteiger partial charge in [-0.25, -0.2) is 0 Å². The Balaban J connectivity index is 3.83. The summed E-state index contributed by atoms with van der Waals surface area (Å²) in [5, 5.41) is 6.80. The molecule has 0 saturated carbocycles. The van der Waals surface area contributed by atoms with E-state index in [0.717, 1.165) is 0 Å². The normalized spacial score (nSPS) is 9.06. The SMILES string of the molecule is CCNC(=O)CNC(=O)C(=O)NCC(N)=S. The Hall–Kier alpha value is -1.70. The maximum Gasteiger partial charge on any atom is 0.309 e. The Bertz CT molecular complexity index is 306. The third kappa shape index (κ3) is 6.71. The van der Waals surface area contributed by atoms with E-state index in [9.17, 15) is 14.4 Å². The van der Waals surface area contributed by atoms with Crippen molar-refractivity contribution in [1.82, 2.24) is 16.0 Å². The molecule has 0 aromatic carbocycles. The summed E-state index contributed by atoms with van der Waals surface area (Å²) in [6.45, 7) is 1.91. The van der Waals surface area contributed by atoms with Gasteiger partial charge in [-0.05, 0) is 6.92 Å². The number of nitrogens with two attached hydrogens (primary N) is 1. The second-order valence-electron chi connectivity index (χ2n) is 2.79. The van der Waals surface area contributed by atoms with Gasteiger partial charge in [0, 0.05) is 6.54 Å². The first kappa shape index (κ1) is 14.3. The zero-order chi connectivity index (χ0) is 12.6. The second-order valence-corrected chi connectivity index (χ2v) is 3.31. The van der Waals surface area contributed by atoms with E-state index in [0.29, 0.717) is 6.54 Å². The molecule has 0 bridgehead atoms. The average Bonchev–Trinajstić information content (AvgIpc) is 2.22. The van der Waals surface area contributed by atoms with E-state index >= 15 is 0 Å². The van der Waals surface area contributed by atoms with Crippen molar-refractivity contribution >= 4 is 34.9 Å². The highest BCUT2D eigenvalue weighted by atomic mass is 32.1. The smallest absolute Gasteiger partial charge is 0.309 e. The minimum absolute atomic E-state index is 0.0528. The maximum absolute atomic E-state index is 11.1. The lowest BCUT2D eigenvalue weighted by Gasteiger charge is -2.05. The van der Waals surface area contributed by atoms with Crippen molar-refractivity contribution in [2.75, 3.05) is 19.6 Å². The van der Waals surface area contributed by atoms with Crippen LogP contribution in [0.15, 0.2) is 0 Å². The highest BCUT2D eigenvalue weighted by Crippen LogP contribution is 1.71. The number of nitrogens with one attached hydrogen (secondary N) is 3. The molecule has 16 heavy (non-hydrogen) atoms. The summed E-state index contributed by atoms with van der Waals surface area (Å²) in [6.07, 6.45) is 0. The molecule has 0 aliphatic rings. The Labute approximate surface area is 98.1 Å². The largest absolute Gasteiger partial charge is 0.392 e. The molecule has 0 aliphatic heterocycles. The van der Waals surface area contributed by atoms with E-state index in [1.165, 1.54) is 0 Å². The van der Waals surface area contributed by atoms with Crippen molar-refractivity contribution in [3.63, 3.8) is 0 Å². The van der Waals surface area contributed by atoms with Crippen molar-refractivity contribution in [1.29, 1.82) is 0 Å². The molecule has 5 N–H and O–H groups in total. The molecule has 0 heterocycles. The lowest BCUT2D eigenvalue weighted by molar-refractivity contribution is -0.139. The van der Waals surface area contributed by atoms with Gasteiger partial charge in [0.2, 0.25) is 5.91 Å². The number of amides is 3. The van der Waals surface area contributed by atoms with Crippen LogP contribution < -0.4 is 21.7 Å². The molecule has 0 aromatic rings. The van der Waals surface area contributed by atoms with Crippen molar-refractivity contribution < 1.29 is 14.4 Å². The van der Waals surface area contributed by atoms with Crippen LogP contribution in [0.2, 0.25) is 0 Å². The first-order valence-corrected chi connectivity index (χ1v) is 4.99. The Kier molecular flexibility index (Phi) is 6.77. The summed E-state index contributed by atoms with van der Waals surface area (Å²) in [5.74, 6) is -2.14.